The number of carbonyl (C=O) groups is 2. The number of anilines is 3. The summed E-state index contributed by atoms with van der Waals surface area (Å²) in [6.07, 6.45) is 2.34. The number of benzene rings is 2. The Kier molecular flexibility index (Phi) is 8.02. The summed E-state index contributed by atoms with van der Waals surface area (Å²) >= 11 is 0. The van der Waals surface area contributed by atoms with Gasteiger partial charge in [0.15, 0.2) is 0 Å². The fourth-order valence-corrected chi connectivity index (χ4v) is 4.65. The van der Waals surface area contributed by atoms with E-state index in [1.807, 2.05) is 0 Å². The molecule has 0 saturated carbocycles. The van der Waals surface area contributed by atoms with Crippen molar-refractivity contribution in [2.45, 2.75) is 51.9 Å². The second kappa shape index (κ2) is 11.4. The highest BCUT2D eigenvalue weighted by molar-refractivity contribution is 6.01. The van der Waals surface area contributed by atoms with Gasteiger partial charge in [0.2, 0.25) is 11.9 Å². The number of ketones is 1. The van der Waals surface area contributed by atoms with E-state index < -0.39 is 11.8 Å². The van der Waals surface area contributed by atoms with Crippen molar-refractivity contribution in [2.24, 2.45) is 0 Å². The predicted molar refractivity (Wildman–Crippen MR) is 143 cm³/mol. The minimum Gasteiger partial charge on any atom is -0.508 e. The van der Waals surface area contributed by atoms with Gasteiger partial charge in [0, 0.05) is 42.1 Å². The molecule has 1 aliphatic carbocycles. The molecule has 2 atom stereocenters. The van der Waals surface area contributed by atoms with Crippen LogP contribution in [-0.4, -0.2) is 44.2 Å². The molecule has 2 aromatic carbocycles. The van der Waals surface area contributed by atoms with Crippen LogP contribution in [0.2, 0.25) is 0 Å². The van der Waals surface area contributed by atoms with Gasteiger partial charge in [0.05, 0.1) is 23.9 Å². The quantitative estimate of drug-likeness (QED) is 0.336. The number of nitrogens with one attached hydrogen (secondary N) is 2. The van der Waals surface area contributed by atoms with Crippen LogP contribution in [0.4, 0.5) is 17.3 Å². The largest absolute Gasteiger partial charge is 0.508 e. The van der Waals surface area contributed by atoms with Crippen LogP contribution in [0.3, 0.4) is 0 Å². The molecular weight excluding hydrogens is 486 g/mol. The maximum atomic E-state index is 13.1. The van der Waals surface area contributed by atoms with Crippen molar-refractivity contribution in [3.8, 4) is 11.5 Å². The Morgan fingerprint density at radius 3 is 2.50 bits per heavy atom. The Labute approximate surface area is 220 Å². The lowest BCUT2D eigenvalue weighted by molar-refractivity contribution is -0.123. The molecule has 1 heterocycles. The lowest BCUT2D eigenvalue weighted by Gasteiger charge is -2.20. The Morgan fingerprint density at radius 2 is 1.87 bits per heavy atom. The zero-order valence-electron chi connectivity index (χ0n) is 21.6. The van der Waals surface area contributed by atoms with Crippen LogP contribution in [-0.2, 0) is 14.4 Å². The SMILES string of the molecule is CCON(C(C)=O)c1ccc(Nc2ncc3c(n2)C(C)C(=O)CCC(c2c(O)cccc2O)CC3=N)cc1. The van der Waals surface area contributed by atoms with Gasteiger partial charge in [0.25, 0.3) is 0 Å². The number of hydrogen-bond donors (Lipinski definition) is 4. The molecule has 2 unspecified atom stereocenters. The molecule has 0 aliphatic heterocycles. The van der Waals surface area contributed by atoms with Crippen LogP contribution in [0.5, 0.6) is 11.5 Å². The zero-order valence-corrected chi connectivity index (χ0v) is 21.6. The van der Waals surface area contributed by atoms with Crippen molar-refractivity contribution in [3.05, 3.63) is 65.5 Å². The second-order valence-corrected chi connectivity index (χ2v) is 9.21. The van der Waals surface area contributed by atoms with Crippen molar-refractivity contribution in [2.75, 3.05) is 17.0 Å². The Balaban J connectivity index is 1.61. The van der Waals surface area contributed by atoms with E-state index in [0.717, 1.165) is 0 Å². The first kappa shape index (κ1) is 26.7. The minimum atomic E-state index is -0.566. The van der Waals surface area contributed by atoms with Crippen molar-refractivity contribution in [1.29, 1.82) is 5.41 Å². The number of phenolic OH excluding ortho intramolecular Hbond substituents is 2. The van der Waals surface area contributed by atoms with Crippen LogP contribution in [0.15, 0.2) is 48.7 Å². The molecule has 38 heavy (non-hydrogen) atoms. The van der Waals surface area contributed by atoms with Crippen LogP contribution >= 0.6 is 0 Å². The average molecular weight is 518 g/mol. The number of nitrogens with zero attached hydrogens (tertiary/aromatic N) is 3. The van der Waals surface area contributed by atoms with Crippen LogP contribution in [0.25, 0.3) is 0 Å². The summed E-state index contributed by atoms with van der Waals surface area (Å²) in [5, 5.41) is 33.9. The highest BCUT2D eigenvalue weighted by Gasteiger charge is 2.30. The standard InChI is InChI=1S/C28H31N5O5/c1-4-38-33(17(3)34)20-11-9-19(10-12-20)31-28-30-15-21-22(29)14-18(26-24(36)6-5-7-25(26)37)8-13-23(35)16(2)27(21)32-28/h5-7,9-12,15-16,18,29,36-37H,4,8,13-14H2,1-3H3,(H,30,31,32). The van der Waals surface area contributed by atoms with Gasteiger partial charge in [-0.2, -0.15) is 5.06 Å². The van der Waals surface area contributed by atoms with Gasteiger partial charge in [-0.3, -0.25) is 14.4 Å². The van der Waals surface area contributed by atoms with E-state index in [0.29, 0.717) is 41.2 Å². The van der Waals surface area contributed by atoms with Gasteiger partial charge in [-0.05, 0) is 69.0 Å². The third kappa shape index (κ3) is 5.65. The fourth-order valence-electron chi connectivity index (χ4n) is 4.65. The molecule has 1 amide bonds. The van der Waals surface area contributed by atoms with Crippen molar-refractivity contribution in [3.63, 3.8) is 0 Å². The van der Waals surface area contributed by atoms with Gasteiger partial charge in [-0.1, -0.05) is 6.07 Å². The first-order valence-corrected chi connectivity index (χ1v) is 12.5. The highest BCUT2D eigenvalue weighted by atomic mass is 16.7. The Hall–Kier alpha value is -4.31. The predicted octanol–water partition coefficient (Wildman–Crippen LogP) is 4.94. The molecule has 4 rings (SSSR count). The van der Waals surface area contributed by atoms with E-state index in [-0.39, 0.29) is 47.7 Å². The average Bonchev–Trinajstić information content (AvgIpc) is 2.93. The minimum absolute atomic E-state index is 0.0462. The summed E-state index contributed by atoms with van der Waals surface area (Å²) in [5.74, 6) is -1.11. The number of rotatable bonds is 6. The van der Waals surface area contributed by atoms with Crippen molar-refractivity contribution < 1.29 is 24.6 Å². The number of carbonyl (C=O) groups excluding carboxylic acids is 2. The number of aromatic hydroxyl groups is 2. The van der Waals surface area contributed by atoms with E-state index in [9.17, 15) is 19.8 Å². The summed E-state index contributed by atoms with van der Waals surface area (Å²) in [4.78, 5) is 39.3. The third-order valence-corrected chi connectivity index (χ3v) is 6.60. The molecule has 0 fully saturated rings. The third-order valence-electron chi connectivity index (χ3n) is 6.60. The van der Waals surface area contributed by atoms with Crippen molar-refractivity contribution >= 4 is 34.7 Å². The lowest BCUT2D eigenvalue weighted by Crippen LogP contribution is -2.28. The monoisotopic (exact) mass is 517 g/mol. The highest BCUT2D eigenvalue weighted by Crippen LogP contribution is 2.40. The summed E-state index contributed by atoms with van der Waals surface area (Å²) in [7, 11) is 0. The van der Waals surface area contributed by atoms with Crippen LogP contribution < -0.4 is 10.4 Å². The molecule has 198 valence electrons. The first-order chi connectivity index (χ1) is 18.2. The lowest BCUT2D eigenvalue weighted by atomic mass is 9.87. The van der Waals surface area contributed by atoms with Gasteiger partial charge in [-0.15, -0.1) is 0 Å². The van der Waals surface area contributed by atoms with E-state index in [1.54, 1.807) is 44.2 Å². The molecule has 10 heteroatoms. The van der Waals surface area contributed by atoms with Gasteiger partial charge in [0.1, 0.15) is 17.3 Å². The van der Waals surface area contributed by atoms with Gasteiger partial charge >= 0.3 is 0 Å². The molecule has 4 N–H and O–H groups in total. The fraction of sp³-hybridized carbons (Fsp3) is 0.321. The van der Waals surface area contributed by atoms with E-state index >= 15 is 0 Å². The van der Waals surface area contributed by atoms with Crippen LogP contribution in [0, 0.1) is 5.41 Å². The summed E-state index contributed by atoms with van der Waals surface area (Å²) < 4.78 is 0. The van der Waals surface area contributed by atoms with Crippen molar-refractivity contribution in [1.82, 2.24) is 9.97 Å². The van der Waals surface area contributed by atoms with E-state index in [2.05, 4.69) is 15.3 Å². The number of hydrogen-bond acceptors (Lipinski definition) is 9. The Bertz CT molecular complexity index is 1340. The molecule has 1 aromatic heterocycles. The summed E-state index contributed by atoms with van der Waals surface area (Å²) in [6.45, 7) is 5.33. The maximum absolute atomic E-state index is 13.1. The van der Waals surface area contributed by atoms with Gasteiger partial charge in [-0.25, -0.2) is 9.97 Å². The molecule has 0 radical (unpaired) electrons. The van der Waals surface area contributed by atoms with E-state index in [4.69, 9.17) is 10.2 Å². The molecular formula is C28H31N5O5. The number of Topliss-reactive ketones (excluding diaryl/α,β-unsaturated/α-hetero) is 1. The number of aromatic nitrogens is 2. The zero-order chi connectivity index (χ0) is 27.4. The maximum Gasteiger partial charge on any atom is 0.247 e. The smallest absolute Gasteiger partial charge is 0.247 e. The topological polar surface area (TPSA) is 149 Å². The number of phenols is 2. The molecule has 1 aliphatic rings. The number of hydroxylamine groups is 1. The molecule has 10 nitrogen and oxygen atoms in total. The molecule has 0 bridgehead atoms. The van der Waals surface area contributed by atoms with Crippen LogP contribution in [0.1, 0.15) is 68.7 Å². The first-order valence-electron chi connectivity index (χ1n) is 12.5. The second-order valence-electron chi connectivity index (χ2n) is 9.21. The Morgan fingerprint density at radius 1 is 1.18 bits per heavy atom. The van der Waals surface area contributed by atoms with Gasteiger partial charge < -0.3 is 20.9 Å². The summed E-state index contributed by atoms with van der Waals surface area (Å²) in [6, 6.07) is 11.5. The van der Waals surface area contributed by atoms with E-state index in [1.165, 1.54) is 30.3 Å². The summed E-state index contributed by atoms with van der Waals surface area (Å²) in [5.41, 5.74) is 2.73. The molecule has 0 spiro atoms. The molecule has 0 saturated heterocycles. The molecule has 3 aromatic rings. The number of fused-ring (bicyclic) bond motifs is 1. The normalized spacial score (nSPS) is 17.7. The number of amides is 1.